The zero-order valence-electron chi connectivity index (χ0n) is 16.6. The minimum atomic E-state index is -0.144. The third-order valence-corrected chi connectivity index (χ3v) is 5.73. The number of hydrogen-bond acceptors (Lipinski definition) is 6. The molecule has 0 radical (unpaired) electrons. The maximum Gasteiger partial charge on any atom is 0.232 e. The summed E-state index contributed by atoms with van der Waals surface area (Å²) in [5, 5.41) is 5.08. The lowest BCUT2D eigenvalue weighted by atomic mass is 9.97. The van der Waals surface area contributed by atoms with Crippen molar-refractivity contribution in [1.29, 1.82) is 0 Å². The molecule has 4 rings (SSSR count). The van der Waals surface area contributed by atoms with Crippen molar-refractivity contribution in [2.45, 2.75) is 62.6 Å². The minimum absolute atomic E-state index is 0.144. The highest BCUT2D eigenvalue weighted by Crippen LogP contribution is 2.30. The second kappa shape index (κ2) is 8.09. The molecule has 1 aliphatic heterocycles. The molecular formula is C21H26N4O2S. The number of rotatable bonds is 6. The molecule has 6 nitrogen and oxygen atoms in total. The Kier molecular flexibility index (Phi) is 5.55. The van der Waals surface area contributed by atoms with Gasteiger partial charge >= 0.3 is 0 Å². The van der Waals surface area contributed by atoms with E-state index >= 15 is 0 Å². The van der Waals surface area contributed by atoms with Crippen LogP contribution in [-0.4, -0.2) is 32.4 Å². The summed E-state index contributed by atoms with van der Waals surface area (Å²) in [6, 6.07) is 10.4. The first-order chi connectivity index (χ1) is 13.5. The van der Waals surface area contributed by atoms with Crippen LogP contribution >= 0.6 is 11.8 Å². The SMILES string of the molecule is CC(C)(C)c1nc(CSc2ncc(-c3ccccc3)n2CC2CCCO2)no1. The van der Waals surface area contributed by atoms with Gasteiger partial charge in [0.25, 0.3) is 0 Å². The van der Waals surface area contributed by atoms with E-state index in [2.05, 4.69) is 64.7 Å². The van der Waals surface area contributed by atoms with E-state index in [0.29, 0.717) is 17.5 Å². The average Bonchev–Trinajstić information content (AvgIpc) is 3.42. The first-order valence-electron chi connectivity index (χ1n) is 9.69. The van der Waals surface area contributed by atoms with Crippen LogP contribution in [0.15, 0.2) is 46.2 Å². The fourth-order valence-corrected chi connectivity index (χ4v) is 4.06. The van der Waals surface area contributed by atoms with Crippen LogP contribution in [-0.2, 0) is 22.4 Å². The van der Waals surface area contributed by atoms with Gasteiger partial charge in [0, 0.05) is 12.0 Å². The van der Waals surface area contributed by atoms with E-state index in [-0.39, 0.29) is 11.5 Å². The molecule has 0 saturated carbocycles. The highest BCUT2D eigenvalue weighted by Gasteiger charge is 2.23. The summed E-state index contributed by atoms with van der Waals surface area (Å²) in [6.45, 7) is 7.86. The third kappa shape index (κ3) is 4.31. The molecule has 28 heavy (non-hydrogen) atoms. The molecule has 0 bridgehead atoms. The van der Waals surface area contributed by atoms with Gasteiger partial charge in [-0.1, -0.05) is 68.0 Å². The van der Waals surface area contributed by atoms with Gasteiger partial charge in [-0.2, -0.15) is 4.98 Å². The Morgan fingerprint density at radius 3 is 2.71 bits per heavy atom. The van der Waals surface area contributed by atoms with E-state index in [1.807, 2.05) is 12.3 Å². The van der Waals surface area contributed by atoms with E-state index in [9.17, 15) is 0 Å². The highest BCUT2D eigenvalue weighted by atomic mass is 32.2. The largest absolute Gasteiger partial charge is 0.376 e. The molecule has 0 spiro atoms. The molecule has 0 amide bonds. The van der Waals surface area contributed by atoms with Crippen LogP contribution in [0.3, 0.4) is 0 Å². The van der Waals surface area contributed by atoms with Crippen molar-refractivity contribution in [2.75, 3.05) is 6.61 Å². The van der Waals surface area contributed by atoms with E-state index in [0.717, 1.165) is 42.4 Å². The van der Waals surface area contributed by atoms with Crippen LogP contribution in [0.1, 0.15) is 45.3 Å². The number of imidazole rings is 1. The summed E-state index contributed by atoms with van der Waals surface area (Å²) in [6.07, 6.45) is 4.41. The summed E-state index contributed by atoms with van der Waals surface area (Å²) in [7, 11) is 0. The topological polar surface area (TPSA) is 66.0 Å². The molecule has 3 heterocycles. The summed E-state index contributed by atoms with van der Waals surface area (Å²) in [5.74, 6) is 1.98. The molecule has 0 aliphatic carbocycles. The Morgan fingerprint density at radius 1 is 1.21 bits per heavy atom. The lowest BCUT2D eigenvalue weighted by Gasteiger charge is -2.16. The molecule has 1 aromatic carbocycles. The lowest BCUT2D eigenvalue weighted by Crippen LogP contribution is -2.16. The zero-order valence-corrected chi connectivity index (χ0v) is 17.4. The van der Waals surface area contributed by atoms with Crippen molar-refractivity contribution in [1.82, 2.24) is 19.7 Å². The second-order valence-corrected chi connectivity index (χ2v) is 9.03. The molecule has 7 heteroatoms. The molecule has 148 valence electrons. The Balaban J connectivity index is 1.55. The van der Waals surface area contributed by atoms with Gasteiger partial charge in [-0.25, -0.2) is 4.98 Å². The molecule has 1 atom stereocenters. The Bertz CT molecular complexity index is 908. The van der Waals surface area contributed by atoms with E-state index < -0.39 is 0 Å². The van der Waals surface area contributed by atoms with Gasteiger partial charge in [0.15, 0.2) is 11.0 Å². The zero-order chi connectivity index (χ0) is 19.6. The standard InChI is InChI=1S/C21H26N4O2S/c1-21(2,3)19-23-18(24-27-19)14-28-20-22-12-17(15-8-5-4-6-9-15)25(20)13-16-10-7-11-26-16/h4-6,8-9,12,16H,7,10-11,13-14H2,1-3H3. The second-order valence-electron chi connectivity index (χ2n) is 8.09. The number of aromatic nitrogens is 4. The van der Waals surface area contributed by atoms with Crippen molar-refractivity contribution in [3.8, 4) is 11.3 Å². The van der Waals surface area contributed by atoms with Gasteiger partial charge in [-0.3, -0.25) is 0 Å². The molecule has 1 aliphatic rings. The van der Waals surface area contributed by atoms with Crippen molar-refractivity contribution in [3.63, 3.8) is 0 Å². The maximum atomic E-state index is 5.88. The quantitative estimate of drug-likeness (QED) is 0.561. The first-order valence-corrected chi connectivity index (χ1v) is 10.7. The predicted octanol–water partition coefficient (Wildman–Crippen LogP) is 4.70. The van der Waals surface area contributed by atoms with Gasteiger partial charge in [-0.15, -0.1) is 0 Å². The van der Waals surface area contributed by atoms with Crippen molar-refractivity contribution in [2.24, 2.45) is 0 Å². The monoisotopic (exact) mass is 398 g/mol. The molecule has 3 aromatic rings. The van der Waals surface area contributed by atoms with Crippen LogP contribution in [0.25, 0.3) is 11.3 Å². The number of hydrogen-bond donors (Lipinski definition) is 0. The van der Waals surface area contributed by atoms with Gasteiger partial charge < -0.3 is 13.8 Å². The summed E-state index contributed by atoms with van der Waals surface area (Å²) in [5.41, 5.74) is 2.13. The van der Waals surface area contributed by atoms with Crippen LogP contribution in [0.5, 0.6) is 0 Å². The van der Waals surface area contributed by atoms with Crippen LogP contribution in [0.4, 0.5) is 0 Å². The Morgan fingerprint density at radius 2 is 2.04 bits per heavy atom. The average molecular weight is 399 g/mol. The Labute approximate surface area is 169 Å². The summed E-state index contributed by atoms with van der Waals surface area (Å²) < 4.78 is 13.6. The van der Waals surface area contributed by atoms with Gasteiger partial charge in [0.05, 0.1) is 30.3 Å². The Hall–Kier alpha value is -2.12. The van der Waals surface area contributed by atoms with Gasteiger partial charge in [0.2, 0.25) is 5.89 Å². The number of ether oxygens (including phenoxy) is 1. The molecule has 1 fully saturated rings. The first kappa shape index (κ1) is 19.2. The maximum absolute atomic E-state index is 5.88. The van der Waals surface area contributed by atoms with Crippen LogP contribution < -0.4 is 0 Å². The van der Waals surface area contributed by atoms with Crippen molar-refractivity contribution in [3.05, 3.63) is 48.2 Å². The molecule has 1 saturated heterocycles. The van der Waals surface area contributed by atoms with Crippen molar-refractivity contribution < 1.29 is 9.26 Å². The van der Waals surface area contributed by atoms with Crippen LogP contribution in [0.2, 0.25) is 0 Å². The fourth-order valence-electron chi connectivity index (χ4n) is 3.23. The van der Waals surface area contributed by atoms with E-state index in [4.69, 9.17) is 9.26 Å². The van der Waals surface area contributed by atoms with Crippen molar-refractivity contribution >= 4 is 11.8 Å². The number of benzene rings is 1. The third-order valence-electron chi connectivity index (χ3n) is 4.74. The highest BCUT2D eigenvalue weighted by molar-refractivity contribution is 7.98. The van der Waals surface area contributed by atoms with Gasteiger partial charge in [0.1, 0.15) is 0 Å². The summed E-state index contributed by atoms with van der Waals surface area (Å²) in [4.78, 5) is 9.22. The van der Waals surface area contributed by atoms with Gasteiger partial charge in [-0.05, 0) is 18.4 Å². The normalized spacial score (nSPS) is 17.3. The lowest BCUT2D eigenvalue weighted by molar-refractivity contribution is 0.0954. The molecule has 1 unspecified atom stereocenters. The number of nitrogens with zero attached hydrogens (tertiary/aromatic N) is 4. The minimum Gasteiger partial charge on any atom is -0.376 e. The molecular weight excluding hydrogens is 372 g/mol. The van der Waals surface area contributed by atoms with Crippen LogP contribution in [0, 0.1) is 0 Å². The van der Waals surface area contributed by atoms with E-state index in [1.165, 1.54) is 0 Å². The summed E-state index contributed by atoms with van der Waals surface area (Å²) >= 11 is 1.63. The van der Waals surface area contributed by atoms with E-state index in [1.54, 1.807) is 11.8 Å². The smallest absolute Gasteiger partial charge is 0.232 e. The fraction of sp³-hybridized carbons (Fsp3) is 0.476. The molecule has 2 aromatic heterocycles. The predicted molar refractivity (Wildman–Crippen MR) is 109 cm³/mol. The molecule has 0 N–H and O–H groups in total. The number of thioether (sulfide) groups is 1.